The van der Waals surface area contributed by atoms with Gasteiger partial charge in [0.2, 0.25) is 5.91 Å². The number of nitrogens with zero attached hydrogens (tertiary/aromatic N) is 4. The first-order valence-corrected chi connectivity index (χ1v) is 8.52. The molecule has 0 saturated carbocycles. The summed E-state index contributed by atoms with van der Waals surface area (Å²) in [4.78, 5) is 15.5. The van der Waals surface area contributed by atoms with Crippen LogP contribution >= 0.6 is 11.3 Å². The quantitative estimate of drug-likeness (QED) is 0.887. The van der Waals surface area contributed by atoms with Crippen molar-refractivity contribution in [2.24, 2.45) is 7.05 Å². The Morgan fingerprint density at radius 2 is 2.48 bits per heavy atom. The van der Waals surface area contributed by atoms with Gasteiger partial charge in [-0.3, -0.25) is 9.69 Å². The minimum absolute atomic E-state index is 0.0320. The highest BCUT2D eigenvalue weighted by atomic mass is 32.1. The number of thiophene rings is 1. The molecule has 1 saturated heterocycles. The lowest BCUT2D eigenvalue weighted by atomic mass is 10.2. The second-order valence-corrected chi connectivity index (χ2v) is 6.68. The zero-order chi connectivity index (χ0) is 16.2. The van der Waals surface area contributed by atoms with Gasteiger partial charge in [-0.1, -0.05) is 6.07 Å². The van der Waals surface area contributed by atoms with Crippen LogP contribution in [0.3, 0.4) is 0 Å². The van der Waals surface area contributed by atoms with Crippen molar-refractivity contribution in [1.29, 1.82) is 0 Å². The monoisotopic (exact) mass is 335 g/mol. The molecular weight excluding hydrogens is 314 g/mol. The van der Waals surface area contributed by atoms with Gasteiger partial charge in [-0.15, -0.1) is 21.5 Å². The molecule has 0 bridgehead atoms. The number of hydrogen-bond donors (Lipinski definition) is 1. The summed E-state index contributed by atoms with van der Waals surface area (Å²) >= 11 is 1.65. The number of amides is 1. The molecule has 7 nitrogen and oxygen atoms in total. The van der Waals surface area contributed by atoms with E-state index >= 15 is 0 Å². The average molecular weight is 335 g/mol. The predicted octanol–water partition coefficient (Wildman–Crippen LogP) is 1.13. The van der Waals surface area contributed by atoms with Crippen LogP contribution in [-0.4, -0.2) is 51.8 Å². The van der Waals surface area contributed by atoms with Gasteiger partial charge in [0.05, 0.1) is 19.2 Å². The summed E-state index contributed by atoms with van der Waals surface area (Å²) in [6.45, 7) is 4.35. The fraction of sp³-hybridized carbons (Fsp3) is 0.533. The lowest BCUT2D eigenvalue weighted by molar-refractivity contribution is -0.125. The Morgan fingerprint density at radius 1 is 1.61 bits per heavy atom. The molecule has 1 aliphatic rings. The highest BCUT2D eigenvalue weighted by molar-refractivity contribution is 7.10. The van der Waals surface area contributed by atoms with Crippen molar-refractivity contribution >= 4 is 17.2 Å². The van der Waals surface area contributed by atoms with Gasteiger partial charge in [-0.05, 0) is 18.4 Å². The highest BCUT2D eigenvalue weighted by Gasteiger charge is 2.26. The van der Waals surface area contributed by atoms with Crippen LogP contribution in [0.25, 0.3) is 0 Å². The van der Waals surface area contributed by atoms with E-state index in [-0.39, 0.29) is 18.1 Å². The predicted molar refractivity (Wildman–Crippen MR) is 87.0 cm³/mol. The van der Waals surface area contributed by atoms with E-state index in [1.807, 2.05) is 36.1 Å². The van der Waals surface area contributed by atoms with Gasteiger partial charge < -0.3 is 14.6 Å². The lowest BCUT2D eigenvalue weighted by Crippen LogP contribution is -2.45. The average Bonchev–Trinajstić information content (AvgIpc) is 3.18. The maximum absolute atomic E-state index is 12.3. The minimum Gasteiger partial charge on any atom is -0.368 e. The van der Waals surface area contributed by atoms with Crippen LogP contribution in [0.1, 0.15) is 29.8 Å². The number of rotatable bonds is 5. The van der Waals surface area contributed by atoms with Crippen LogP contribution in [0.15, 0.2) is 23.8 Å². The third-order valence-corrected chi connectivity index (χ3v) is 4.95. The molecule has 23 heavy (non-hydrogen) atoms. The number of carbonyl (C=O) groups is 1. The van der Waals surface area contributed by atoms with E-state index in [0.29, 0.717) is 19.7 Å². The van der Waals surface area contributed by atoms with Crippen molar-refractivity contribution in [2.45, 2.75) is 19.1 Å². The number of ether oxygens (including phenoxy) is 1. The Hall–Kier alpha value is -1.77. The van der Waals surface area contributed by atoms with Crippen molar-refractivity contribution in [2.75, 3.05) is 26.2 Å². The van der Waals surface area contributed by atoms with Crippen LogP contribution in [0.4, 0.5) is 0 Å². The van der Waals surface area contributed by atoms with Gasteiger partial charge in [-0.25, -0.2) is 0 Å². The number of carbonyl (C=O) groups excluding carboxylic acids is 1. The number of nitrogens with one attached hydrogen (secondary N) is 1. The van der Waals surface area contributed by atoms with Crippen molar-refractivity contribution in [1.82, 2.24) is 25.0 Å². The normalized spacial score (nSPS) is 20.3. The van der Waals surface area contributed by atoms with Crippen LogP contribution in [-0.2, 0) is 16.6 Å². The molecule has 1 amide bonds. The largest absolute Gasteiger partial charge is 0.368 e. The van der Waals surface area contributed by atoms with E-state index < -0.39 is 0 Å². The van der Waals surface area contributed by atoms with E-state index in [9.17, 15) is 4.79 Å². The van der Waals surface area contributed by atoms with Gasteiger partial charge >= 0.3 is 0 Å². The first-order valence-electron chi connectivity index (χ1n) is 7.64. The second-order valence-electron chi connectivity index (χ2n) is 5.70. The molecule has 1 fully saturated rings. The molecule has 2 aromatic heterocycles. The van der Waals surface area contributed by atoms with Crippen LogP contribution in [0.5, 0.6) is 0 Å². The molecule has 0 aliphatic carbocycles. The van der Waals surface area contributed by atoms with Crippen molar-refractivity contribution < 1.29 is 9.53 Å². The molecule has 124 valence electrons. The van der Waals surface area contributed by atoms with Gasteiger partial charge in [-0.2, -0.15) is 0 Å². The fourth-order valence-electron chi connectivity index (χ4n) is 2.69. The lowest BCUT2D eigenvalue weighted by Gasteiger charge is -2.32. The molecule has 0 aromatic carbocycles. The van der Waals surface area contributed by atoms with E-state index in [1.165, 1.54) is 0 Å². The van der Waals surface area contributed by atoms with Gasteiger partial charge in [0.25, 0.3) is 0 Å². The topological polar surface area (TPSA) is 72.3 Å². The summed E-state index contributed by atoms with van der Waals surface area (Å²) in [7, 11) is 1.90. The Morgan fingerprint density at radius 3 is 3.17 bits per heavy atom. The summed E-state index contributed by atoms with van der Waals surface area (Å²) in [5.41, 5.74) is 0. The molecule has 0 spiro atoms. The third-order valence-electron chi connectivity index (χ3n) is 3.90. The Labute approximate surface area is 139 Å². The summed E-state index contributed by atoms with van der Waals surface area (Å²) in [6.07, 6.45) is 1.52. The number of hydrogen-bond acceptors (Lipinski definition) is 6. The second kappa shape index (κ2) is 7.20. The molecule has 8 heteroatoms. The molecule has 3 heterocycles. The van der Waals surface area contributed by atoms with Crippen LogP contribution in [0.2, 0.25) is 0 Å². The van der Waals surface area contributed by atoms with Gasteiger partial charge in [0.1, 0.15) is 12.4 Å². The fourth-order valence-corrected chi connectivity index (χ4v) is 3.42. The standard InChI is InChI=1S/C15H21N5O2S/c1-11(13-4-3-7-23-13)17-14(21)9-20-5-6-22-12(8-20)15-18-16-10-19(15)2/h3-4,7,10-12H,5-6,8-9H2,1-2H3,(H,17,21)/t11-,12-/m1/s1. The third kappa shape index (κ3) is 3.95. The maximum atomic E-state index is 12.3. The Balaban J connectivity index is 1.53. The van der Waals surface area contributed by atoms with Crippen molar-refractivity contribution in [3.63, 3.8) is 0 Å². The molecule has 1 N–H and O–H groups in total. The summed E-state index contributed by atoms with van der Waals surface area (Å²) in [6, 6.07) is 4.07. The molecular formula is C15H21N5O2S. The Bertz CT molecular complexity index is 642. The van der Waals surface area contributed by atoms with E-state index in [4.69, 9.17) is 4.74 Å². The number of aryl methyl sites for hydroxylation is 1. The van der Waals surface area contributed by atoms with Crippen LogP contribution < -0.4 is 5.32 Å². The molecule has 0 radical (unpaired) electrons. The van der Waals surface area contributed by atoms with Crippen LogP contribution in [0, 0.1) is 0 Å². The number of morpholine rings is 1. The molecule has 3 rings (SSSR count). The van der Waals surface area contributed by atoms with E-state index in [2.05, 4.69) is 20.4 Å². The first kappa shape index (κ1) is 16.1. The highest BCUT2D eigenvalue weighted by Crippen LogP contribution is 2.20. The smallest absolute Gasteiger partial charge is 0.234 e. The number of aromatic nitrogens is 3. The molecule has 0 unspecified atom stereocenters. The summed E-state index contributed by atoms with van der Waals surface area (Å²) < 4.78 is 7.61. The first-order chi connectivity index (χ1) is 11.1. The van der Waals surface area contributed by atoms with Crippen molar-refractivity contribution in [3.8, 4) is 0 Å². The van der Waals surface area contributed by atoms with E-state index in [1.54, 1.807) is 17.7 Å². The molecule has 2 aromatic rings. The molecule has 1 aliphatic heterocycles. The van der Waals surface area contributed by atoms with Gasteiger partial charge in [0.15, 0.2) is 5.82 Å². The SMILES string of the molecule is C[C@@H](NC(=O)CN1CCO[C@@H](c2nncn2C)C1)c1cccs1. The molecule has 2 atom stereocenters. The summed E-state index contributed by atoms with van der Waals surface area (Å²) in [5, 5.41) is 13.1. The zero-order valence-electron chi connectivity index (χ0n) is 13.3. The zero-order valence-corrected chi connectivity index (χ0v) is 14.1. The minimum atomic E-state index is -0.140. The van der Waals surface area contributed by atoms with E-state index in [0.717, 1.165) is 17.2 Å². The maximum Gasteiger partial charge on any atom is 0.234 e. The van der Waals surface area contributed by atoms with Crippen molar-refractivity contribution in [3.05, 3.63) is 34.5 Å². The Kier molecular flexibility index (Phi) is 5.04. The summed E-state index contributed by atoms with van der Waals surface area (Å²) in [5.74, 6) is 0.826. The van der Waals surface area contributed by atoms with Gasteiger partial charge in [0, 0.05) is 25.0 Å².